The Bertz CT molecular complexity index is 596. The Balaban J connectivity index is 2.20. The standard InChI is InChI=1S/C12H16N2O5S/c1-13(19-11-6-2-3-7-11)20(17,18)12-8-4-5-10(9-12)14(15)16/h4-5,8-9,11H,2-3,6-7H2,1H3. The van der Waals surface area contributed by atoms with Crippen LogP contribution in [0.4, 0.5) is 5.69 Å². The van der Waals surface area contributed by atoms with Crippen molar-refractivity contribution in [1.82, 2.24) is 4.47 Å². The fourth-order valence-corrected chi connectivity index (χ4v) is 3.22. The number of nitro benzene ring substituents is 1. The van der Waals surface area contributed by atoms with E-state index in [-0.39, 0.29) is 16.7 Å². The van der Waals surface area contributed by atoms with E-state index in [1.54, 1.807) is 0 Å². The third-order valence-electron chi connectivity index (χ3n) is 3.26. The van der Waals surface area contributed by atoms with Gasteiger partial charge in [-0.2, -0.15) is 0 Å². The lowest BCUT2D eigenvalue weighted by Crippen LogP contribution is -2.31. The predicted molar refractivity (Wildman–Crippen MR) is 71.4 cm³/mol. The zero-order valence-electron chi connectivity index (χ0n) is 11.1. The summed E-state index contributed by atoms with van der Waals surface area (Å²) in [6.45, 7) is 0. The molecular weight excluding hydrogens is 284 g/mol. The van der Waals surface area contributed by atoms with Crippen LogP contribution in [-0.4, -0.2) is 31.0 Å². The summed E-state index contributed by atoms with van der Waals surface area (Å²) in [5.74, 6) is 0. The molecule has 2 rings (SSSR count). The van der Waals surface area contributed by atoms with Crippen LogP contribution < -0.4 is 0 Å². The molecule has 0 radical (unpaired) electrons. The highest BCUT2D eigenvalue weighted by Gasteiger charge is 2.27. The lowest BCUT2D eigenvalue weighted by atomic mass is 10.3. The number of hydroxylamine groups is 1. The molecule has 0 saturated heterocycles. The van der Waals surface area contributed by atoms with Gasteiger partial charge in [-0.15, -0.1) is 0 Å². The third-order valence-corrected chi connectivity index (χ3v) is 4.88. The number of hydrogen-bond acceptors (Lipinski definition) is 5. The molecule has 1 saturated carbocycles. The van der Waals surface area contributed by atoms with Crippen molar-refractivity contribution >= 4 is 15.7 Å². The van der Waals surface area contributed by atoms with Crippen molar-refractivity contribution in [2.45, 2.75) is 36.7 Å². The number of rotatable bonds is 5. The minimum Gasteiger partial charge on any atom is -0.281 e. The van der Waals surface area contributed by atoms with Crippen LogP contribution in [0.2, 0.25) is 0 Å². The maximum atomic E-state index is 12.3. The summed E-state index contributed by atoms with van der Waals surface area (Å²) in [7, 11) is -2.56. The zero-order valence-corrected chi connectivity index (χ0v) is 11.9. The molecule has 0 unspecified atom stereocenters. The van der Waals surface area contributed by atoms with E-state index in [0.29, 0.717) is 0 Å². The second-order valence-corrected chi connectivity index (χ2v) is 6.62. The van der Waals surface area contributed by atoms with Crippen LogP contribution >= 0.6 is 0 Å². The smallest absolute Gasteiger partial charge is 0.270 e. The molecule has 0 atom stereocenters. The van der Waals surface area contributed by atoms with E-state index in [9.17, 15) is 18.5 Å². The Labute approximate surface area is 117 Å². The molecule has 0 aromatic heterocycles. The highest BCUT2D eigenvalue weighted by atomic mass is 32.2. The molecular formula is C12H16N2O5S. The van der Waals surface area contributed by atoms with Gasteiger partial charge in [0.2, 0.25) is 0 Å². The molecule has 1 aliphatic carbocycles. The summed E-state index contributed by atoms with van der Waals surface area (Å²) in [5.41, 5.74) is -0.264. The highest BCUT2D eigenvalue weighted by Crippen LogP contribution is 2.25. The van der Waals surface area contributed by atoms with Gasteiger partial charge >= 0.3 is 0 Å². The van der Waals surface area contributed by atoms with Crippen molar-refractivity contribution in [3.63, 3.8) is 0 Å². The zero-order chi connectivity index (χ0) is 14.8. The largest absolute Gasteiger partial charge is 0.281 e. The Hall–Kier alpha value is -1.51. The molecule has 0 aliphatic heterocycles. The van der Waals surface area contributed by atoms with Gasteiger partial charge in [-0.1, -0.05) is 23.4 Å². The van der Waals surface area contributed by atoms with Crippen LogP contribution in [0.3, 0.4) is 0 Å². The summed E-state index contributed by atoms with van der Waals surface area (Å²) < 4.78 is 25.4. The number of hydrogen-bond donors (Lipinski definition) is 0. The molecule has 1 fully saturated rings. The molecule has 1 aliphatic rings. The molecule has 1 aromatic rings. The first-order chi connectivity index (χ1) is 9.41. The van der Waals surface area contributed by atoms with Gasteiger partial charge in [0, 0.05) is 19.2 Å². The van der Waals surface area contributed by atoms with Gasteiger partial charge in [0.1, 0.15) is 0 Å². The van der Waals surface area contributed by atoms with Crippen LogP contribution in [0.15, 0.2) is 29.2 Å². The van der Waals surface area contributed by atoms with Crippen molar-refractivity contribution in [1.29, 1.82) is 0 Å². The fraction of sp³-hybridized carbons (Fsp3) is 0.500. The average Bonchev–Trinajstić information content (AvgIpc) is 2.91. The van der Waals surface area contributed by atoms with E-state index in [4.69, 9.17) is 4.84 Å². The van der Waals surface area contributed by atoms with Crippen molar-refractivity contribution in [2.24, 2.45) is 0 Å². The first-order valence-electron chi connectivity index (χ1n) is 6.31. The van der Waals surface area contributed by atoms with Crippen LogP contribution in [0, 0.1) is 10.1 Å². The van der Waals surface area contributed by atoms with Crippen molar-refractivity contribution < 1.29 is 18.2 Å². The summed E-state index contributed by atoms with van der Waals surface area (Å²) in [6.07, 6.45) is 3.60. The van der Waals surface area contributed by atoms with Crippen molar-refractivity contribution in [2.75, 3.05) is 7.05 Å². The van der Waals surface area contributed by atoms with E-state index in [1.807, 2.05) is 0 Å². The van der Waals surface area contributed by atoms with E-state index in [1.165, 1.54) is 25.2 Å². The lowest BCUT2D eigenvalue weighted by Gasteiger charge is -2.20. The monoisotopic (exact) mass is 300 g/mol. The van der Waals surface area contributed by atoms with Crippen LogP contribution in [0.5, 0.6) is 0 Å². The predicted octanol–water partition coefficient (Wildman–Crippen LogP) is 2.09. The van der Waals surface area contributed by atoms with E-state index >= 15 is 0 Å². The molecule has 8 heteroatoms. The van der Waals surface area contributed by atoms with E-state index in [2.05, 4.69) is 0 Å². The minimum atomic E-state index is -3.88. The fourth-order valence-electron chi connectivity index (χ4n) is 2.17. The quantitative estimate of drug-likeness (QED) is 0.613. The van der Waals surface area contributed by atoms with Crippen LogP contribution in [0.1, 0.15) is 25.7 Å². The normalized spacial score (nSPS) is 16.7. The molecule has 0 N–H and O–H groups in total. The molecule has 0 amide bonds. The molecule has 7 nitrogen and oxygen atoms in total. The first kappa shape index (κ1) is 14.9. The molecule has 1 aromatic carbocycles. The maximum Gasteiger partial charge on any atom is 0.270 e. The average molecular weight is 300 g/mol. The second kappa shape index (κ2) is 5.86. The highest BCUT2D eigenvalue weighted by molar-refractivity contribution is 7.89. The summed E-state index contributed by atoms with van der Waals surface area (Å²) in [4.78, 5) is 15.3. The van der Waals surface area contributed by atoms with Gasteiger partial charge in [0.15, 0.2) is 0 Å². The molecule has 0 heterocycles. The minimum absolute atomic E-state index is 0.103. The Morgan fingerprint density at radius 2 is 2.00 bits per heavy atom. The number of nitro groups is 1. The lowest BCUT2D eigenvalue weighted by molar-refractivity contribution is -0.385. The Morgan fingerprint density at radius 1 is 1.35 bits per heavy atom. The number of non-ortho nitro benzene ring substituents is 1. The molecule has 20 heavy (non-hydrogen) atoms. The third kappa shape index (κ3) is 3.14. The van der Waals surface area contributed by atoms with Crippen LogP contribution in [0.25, 0.3) is 0 Å². The van der Waals surface area contributed by atoms with Crippen molar-refractivity contribution in [3.05, 3.63) is 34.4 Å². The first-order valence-corrected chi connectivity index (χ1v) is 7.75. The molecule has 110 valence electrons. The van der Waals surface area contributed by atoms with Gasteiger partial charge < -0.3 is 0 Å². The van der Waals surface area contributed by atoms with Gasteiger partial charge in [0.25, 0.3) is 15.7 Å². The number of nitrogens with zero attached hydrogens (tertiary/aromatic N) is 2. The number of sulfonamides is 1. The molecule has 0 bridgehead atoms. The van der Waals surface area contributed by atoms with E-state index in [0.717, 1.165) is 36.2 Å². The van der Waals surface area contributed by atoms with Gasteiger partial charge in [-0.25, -0.2) is 8.42 Å². The SMILES string of the molecule is CN(OC1CCCC1)S(=O)(=O)c1cccc([N+](=O)[O-])c1. The second-order valence-electron chi connectivity index (χ2n) is 4.68. The summed E-state index contributed by atoms with van der Waals surface area (Å²) in [6, 6.07) is 4.94. The Morgan fingerprint density at radius 3 is 2.60 bits per heavy atom. The topological polar surface area (TPSA) is 89.8 Å². The van der Waals surface area contributed by atoms with Crippen LogP contribution in [-0.2, 0) is 14.9 Å². The number of benzene rings is 1. The van der Waals surface area contributed by atoms with Gasteiger partial charge in [-0.3, -0.25) is 15.0 Å². The van der Waals surface area contributed by atoms with Gasteiger partial charge in [-0.05, 0) is 18.9 Å². The summed E-state index contributed by atoms with van der Waals surface area (Å²) >= 11 is 0. The summed E-state index contributed by atoms with van der Waals surface area (Å²) in [5, 5.41) is 10.7. The van der Waals surface area contributed by atoms with E-state index < -0.39 is 14.9 Å². The maximum absolute atomic E-state index is 12.3. The molecule has 0 spiro atoms. The van der Waals surface area contributed by atoms with Gasteiger partial charge in [0.05, 0.1) is 15.9 Å². The van der Waals surface area contributed by atoms with Crippen molar-refractivity contribution in [3.8, 4) is 0 Å². The Kier molecular flexibility index (Phi) is 4.36.